The predicted octanol–water partition coefficient (Wildman–Crippen LogP) is 5.75. The number of ether oxygens (including phenoxy) is 2. The Kier molecular flexibility index (Phi) is 7.00. The zero-order valence-electron chi connectivity index (χ0n) is 20.0. The molecule has 3 aromatic carbocycles. The Morgan fingerprint density at radius 1 is 0.973 bits per heavy atom. The highest BCUT2D eigenvalue weighted by Gasteiger charge is 2.48. The van der Waals surface area contributed by atoms with Crippen LogP contribution in [0.2, 0.25) is 0 Å². The molecule has 2 heterocycles. The van der Waals surface area contributed by atoms with Crippen molar-refractivity contribution in [1.29, 1.82) is 0 Å². The molecule has 1 atom stereocenters. The molecule has 0 bridgehead atoms. The number of hydrogen-bond donors (Lipinski definition) is 1. The van der Waals surface area contributed by atoms with Crippen LogP contribution in [0.15, 0.2) is 96.0 Å². The normalized spacial score (nSPS) is 16.7. The Balaban J connectivity index is 1.53. The summed E-state index contributed by atoms with van der Waals surface area (Å²) in [5, 5.41) is 13.4. The van der Waals surface area contributed by atoms with Crippen molar-refractivity contribution in [3.63, 3.8) is 0 Å². The minimum absolute atomic E-state index is 0.00759. The number of thiazole rings is 1. The zero-order chi connectivity index (χ0) is 25.8. The van der Waals surface area contributed by atoms with E-state index in [1.807, 2.05) is 37.3 Å². The van der Waals surface area contributed by atoms with E-state index in [1.165, 1.54) is 16.2 Å². The average Bonchev–Trinajstić information content (AvgIpc) is 3.55. The number of aliphatic hydroxyl groups excluding tert-OH is 1. The topological polar surface area (TPSA) is 89.0 Å². The number of Topliss-reactive ketones (excluding diaryl/α,β-unsaturated/α-hetero) is 1. The van der Waals surface area contributed by atoms with Crippen LogP contribution in [-0.2, 0) is 16.2 Å². The van der Waals surface area contributed by atoms with Crippen molar-refractivity contribution in [2.24, 2.45) is 0 Å². The molecule has 0 spiro atoms. The number of carbonyl (C=O) groups is 2. The SMILES string of the molecule is CCOc1cccc(C(O)=C2C(=O)C(=O)N(c3nccs3)C2c2ccc(OCc3ccccc3)cc2)c1. The van der Waals surface area contributed by atoms with Crippen LogP contribution in [0.4, 0.5) is 5.13 Å². The van der Waals surface area contributed by atoms with Gasteiger partial charge in [-0.2, -0.15) is 0 Å². The summed E-state index contributed by atoms with van der Waals surface area (Å²) in [6.45, 7) is 2.73. The van der Waals surface area contributed by atoms with Crippen LogP contribution in [0.3, 0.4) is 0 Å². The van der Waals surface area contributed by atoms with Crippen molar-refractivity contribution in [2.45, 2.75) is 19.6 Å². The second-order valence-electron chi connectivity index (χ2n) is 8.29. The maximum atomic E-state index is 13.3. The smallest absolute Gasteiger partial charge is 0.301 e. The van der Waals surface area contributed by atoms with E-state index in [9.17, 15) is 14.7 Å². The number of benzene rings is 3. The van der Waals surface area contributed by atoms with Gasteiger partial charge < -0.3 is 14.6 Å². The van der Waals surface area contributed by atoms with Crippen molar-refractivity contribution in [3.8, 4) is 11.5 Å². The fourth-order valence-corrected chi connectivity index (χ4v) is 4.89. The van der Waals surface area contributed by atoms with E-state index in [0.717, 1.165) is 5.56 Å². The van der Waals surface area contributed by atoms with Crippen LogP contribution in [0.1, 0.15) is 29.7 Å². The number of ketones is 1. The molecule has 0 saturated carbocycles. The molecule has 1 N–H and O–H groups in total. The monoisotopic (exact) mass is 512 g/mol. The first-order chi connectivity index (χ1) is 18.1. The van der Waals surface area contributed by atoms with Crippen LogP contribution in [0.5, 0.6) is 11.5 Å². The number of nitrogens with zero attached hydrogens (tertiary/aromatic N) is 2. The van der Waals surface area contributed by atoms with Crippen LogP contribution >= 0.6 is 11.3 Å². The Morgan fingerprint density at radius 3 is 2.46 bits per heavy atom. The molecule has 1 unspecified atom stereocenters. The fraction of sp³-hybridized carbons (Fsp3) is 0.138. The van der Waals surface area contributed by atoms with Gasteiger partial charge in [-0.1, -0.05) is 54.6 Å². The Labute approximate surface area is 218 Å². The average molecular weight is 513 g/mol. The minimum Gasteiger partial charge on any atom is -0.507 e. The molecule has 5 rings (SSSR count). The van der Waals surface area contributed by atoms with Gasteiger partial charge in [0.2, 0.25) is 0 Å². The fourth-order valence-electron chi connectivity index (χ4n) is 4.22. The Morgan fingerprint density at radius 2 is 1.76 bits per heavy atom. The number of aliphatic hydroxyl groups is 1. The zero-order valence-corrected chi connectivity index (χ0v) is 20.9. The first kappa shape index (κ1) is 24.3. The van der Waals surface area contributed by atoms with Gasteiger partial charge >= 0.3 is 5.91 Å². The summed E-state index contributed by atoms with van der Waals surface area (Å²) in [6, 6.07) is 22.9. The van der Waals surface area contributed by atoms with Crippen molar-refractivity contribution in [2.75, 3.05) is 11.5 Å². The van der Waals surface area contributed by atoms with Gasteiger partial charge in [-0.15, -0.1) is 11.3 Å². The number of carbonyl (C=O) groups excluding carboxylic acids is 2. The highest BCUT2D eigenvalue weighted by atomic mass is 32.1. The van der Waals surface area contributed by atoms with Crippen LogP contribution in [0.25, 0.3) is 5.76 Å². The molecule has 1 aromatic heterocycles. The van der Waals surface area contributed by atoms with Crippen molar-refractivity contribution < 1.29 is 24.2 Å². The second-order valence-corrected chi connectivity index (χ2v) is 9.16. The highest BCUT2D eigenvalue weighted by Crippen LogP contribution is 2.43. The molecule has 1 aliphatic heterocycles. The molecule has 1 saturated heterocycles. The summed E-state index contributed by atoms with van der Waals surface area (Å²) in [4.78, 5) is 32.0. The van der Waals surface area contributed by atoms with Crippen molar-refractivity contribution >= 4 is 33.9 Å². The summed E-state index contributed by atoms with van der Waals surface area (Å²) >= 11 is 1.24. The summed E-state index contributed by atoms with van der Waals surface area (Å²) in [6.07, 6.45) is 1.57. The third-order valence-electron chi connectivity index (χ3n) is 5.93. The van der Waals surface area contributed by atoms with Gasteiger partial charge in [0, 0.05) is 17.1 Å². The van der Waals surface area contributed by atoms with E-state index < -0.39 is 17.7 Å². The standard InChI is InChI=1S/C29H24N2O5S/c1-2-35-23-10-6-9-21(17-23)26(32)24-25(31(28(34)27(24)33)29-30-15-16-37-29)20-11-13-22(14-12-20)36-18-19-7-4-3-5-8-19/h3-17,25,32H,2,18H2,1H3. The van der Waals surface area contributed by atoms with Crippen molar-refractivity contribution in [3.05, 3.63) is 113 Å². The Bertz CT molecular complexity index is 1430. The highest BCUT2D eigenvalue weighted by molar-refractivity contribution is 7.14. The van der Waals surface area contributed by atoms with Gasteiger partial charge in [-0.05, 0) is 42.3 Å². The third kappa shape index (κ3) is 4.96. The lowest BCUT2D eigenvalue weighted by Gasteiger charge is -2.23. The molecule has 37 heavy (non-hydrogen) atoms. The van der Waals surface area contributed by atoms with E-state index in [0.29, 0.717) is 41.0 Å². The minimum atomic E-state index is -0.856. The molecule has 0 aliphatic carbocycles. The largest absolute Gasteiger partial charge is 0.507 e. The van der Waals surface area contributed by atoms with Crippen molar-refractivity contribution in [1.82, 2.24) is 4.98 Å². The maximum absolute atomic E-state index is 13.3. The van der Waals surface area contributed by atoms with Crippen LogP contribution < -0.4 is 14.4 Å². The first-order valence-corrected chi connectivity index (χ1v) is 12.6. The van der Waals surface area contributed by atoms with Gasteiger partial charge in [0.25, 0.3) is 5.78 Å². The molecule has 1 aliphatic rings. The molecule has 4 aromatic rings. The molecule has 8 heteroatoms. The lowest BCUT2D eigenvalue weighted by Crippen LogP contribution is -2.29. The van der Waals surface area contributed by atoms with Crippen LogP contribution in [-0.4, -0.2) is 28.4 Å². The summed E-state index contributed by atoms with van der Waals surface area (Å²) < 4.78 is 11.4. The summed E-state index contributed by atoms with van der Waals surface area (Å²) in [5.74, 6) is -0.593. The van der Waals surface area contributed by atoms with Gasteiger partial charge in [0.15, 0.2) is 5.13 Å². The third-order valence-corrected chi connectivity index (χ3v) is 6.70. The summed E-state index contributed by atoms with van der Waals surface area (Å²) in [7, 11) is 0. The lowest BCUT2D eigenvalue weighted by molar-refractivity contribution is -0.132. The van der Waals surface area contributed by atoms with E-state index >= 15 is 0 Å². The first-order valence-electron chi connectivity index (χ1n) is 11.8. The number of rotatable bonds is 8. The van der Waals surface area contributed by atoms with E-state index in [1.54, 1.807) is 60.1 Å². The number of anilines is 1. The number of amides is 1. The van der Waals surface area contributed by atoms with Gasteiger partial charge in [0.05, 0.1) is 18.2 Å². The Hall–Kier alpha value is -4.43. The predicted molar refractivity (Wildman–Crippen MR) is 142 cm³/mol. The van der Waals surface area contributed by atoms with E-state index in [2.05, 4.69) is 4.98 Å². The van der Waals surface area contributed by atoms with Gasteiger partial charge in [-0.25, -0.2) is 4.98 Å². The molecule has 1 amide bonds. The second kappa shape index (κ2) is 10.7. The lowest BCUT2D eigenvalue weighted by atomic mass is 9.95. The maximum Gasteiger partial charge on any atom is 0.301 e. The van der Waals surface area contributed by atoms with E-state index in [-0.39, 0.29) is 11.3 Å². The number of aromatic nitrogens is 1. The molecule has 1 fully saturated rings. The molecule has 186 valence electrons. The van der Waals surface area contributed by atoms with Gasteiger partial charge in [0.1, 0.15) is 23.9 Å². The molecular formula is C29H24N2O5S. The molecule has 7 nitrogen and oxygen atoms in total. The van der Waals surface area contributed by atoms with Gasteiger partial charge in [-0.3, -0.25) is 14.5 Å². The quantitative estimate of drug-likeness (QED) is 0.184. The number of hydrogen-bond acceptors (Lipinski definition) is 7. The molecule has 0 radical (unpaired) electrons. The summed E-state index contributed by atoms with van der Waals surface area (Å²) in [5.41, 5.74) is 2.06. The van der Waals surface area contributed by atoms with E-state index in [4.69, 9.17) is 9.47 Å². The van der Waals surface area contributed by atoms with Crippen LogP contribution in [0, 0.1) is 0 Å². The molecular weight excluding hydrogens is 488 g/mol.